The van der Waals surface area contributed by atoms with Crippen LogP contribution in [0.3, 0.4) is 0 Å². The molecule has 0 saturated heterocycles. The lowest BCUT2D eigenvalue weighted by molar-refractivity contribution is -0.122. The number of hydrogen-bond acceptors (Lipinski definition) is 3. The van der Waals surface area contributed by atoms with E-state index in [4.69, 9.17) is 4.74 Å². The summed E-state index contributed by atoms with van der Waals surface area (Å²) < 4.78 is 6.39. The van der Waals surface area contributed by atoms with Gasteiger partial charge in [0, 0.05) is 9.61 Å². The lowest BCUT2D eigenvalue weighted by Crippen LogP contribution is -2.45. The Kier molecular flexibility index (Phi) is 5.63. The van der Waals surface area contributed by atoms with Crippen LogP contribution in [0.4, 0.5) is 4.79 Å². The Morgan fingerprint density at radius 2 is 1.85 bits per heavy atom. The summed E-state index contributed by atoms with van der Waals surface area (Å²) in [5, 5.41) is 5.06. The molecule has 20 heavy (non-hydrogen) atoms. The third-order valence-corrected chi connectivity index (χ3v) is 3.85. The van der Waals surface area contributed by atoms with Crippen molar-refractivity contribution < 1.29 is 14.3 Å². The second kappa shape index (κ2) is 7.47. The molecule has 1 aromatic rings. The van der Waals surface area contributed by atoms with Crippen molar-refractivity contribution in [3.63, 3.8) is 0 Å². The molecule has 1 fully saturated rings. The van der Waals surface area contributed by atoms with Crippen LogP contribution in [-0.2, 0) is 4.79 Å². The van der Waals surface area contributed by atoms with Gasteiger partial charge in [-0.15, -0.1) is 0 Å². The molecule has 0 atom stereocenters. The van der Waals surface area contributed by atoms with Gasteiger partial charge in [-0.05, 0) is 59.7 Å². The molecule has 0 spiro atoms. The molecule has 0 aromatic heterocycles. The summed E-state index contributed by atoms with van der Waals surface area (Å²) >= 11 is 2.19. The number of carbonyl (C=O) groups excluding carboxylic acids is 2. The van der Waals surface area contributed by atoms with E-state index in [0.29, 0.717) is 5.75 Å². The van der Waals surface area contributed by atoms with E-state index in [0.717, 1.165) is 29.3 Å². The fraction of sp³-hybridized carbons (Fsp3) is 0.429. The molecule has 0 unspecified atom stereocenters. The molecular weight excluding hydrogens is 371 g/mol. The van der Waals surface area contributed by atoms with Crippen molar-refractivity contribution in [3.05, 3.63) is 27.8 Å². The maximum absolute atomic E-state index is 11.6. The summed E-state index contributed by atoms with van der Waals surface area (Å²) in [5.74, 6) is 0.163. The Hall–Kier alpha value is -1.31. The van der Waals surface area contributed by atoms with Crippen molar-refractivity contribution in [2.24, 2.45) is 0 Å². The van der Waals surface area contributed by atoms with Crippen LogP contribution in [-0.4, -0.2) is 24.6 Å². The van der Waals surface area contributed by atoms with E-state index in [2.05, 4.69) is 33.2 Å². The van der Waals surface area contributed by atoms with Gasteiger partial charge in [-0.1, -0.05) is 12.8 Å². The highest BCUT2D eigenvalue weighted by Gasteiger charge is 2.18. The molecule has 1 aromatic carbocycles. The van der Waals surface area contributed by atoms with Gasteiger partial charge in [0.05, 0.1) is 0 Å². The quantitative estimate of drug-likeness (QED) is 0.779. The highest BCUT2D eigenvalue weighted by molar-refractivity contribution is 14.1. The molecule has 0 radical (unpaired) electrons. The summed E-state index contributed by atoms with van der Waals surface area (Å²) in [5.41, 5.74) is 0. The molecule has 1 aliphatic carbocycles. The van der Waals surface area contributed by atoms with Gasteiger partial charge in [0.25, 0.3) is 5.91 Å². The zero-order chi connectivity index (χ0) is 14.4. The van der Waals surface area contributed by atoms with Gasteiger partial charge in [-0.3, -0.25) is 10.1 Å². The van der Waals surface area contributed by atoms with E-state index < -0.39 is 11.9 Å². The maximum Gasteiger partial charge on any atom is 0.321 e. The van der Waals surface area contributed by atoms with Crippen LogP contribution >= 0.6 is 22.6 Å². The molecular formula is C14H17IN2O3. The zero-order valence-corrected chi connectivity index (χ0v) is 13.2. The van der Waals surface area contributed by atoms with Crippen molar-refractivity contribution in [1.82, 2.24) is 10.6 Å². The van der Waals surface area contributed by atoms with Gasteiger partial charge in [0.1, 0.15) is 5.75 Å². The molecule has 5 nitrogen and oxygen atoms in total. The SMILES string of the molecule is O=C(COc1ccc(I)cc1)NC(=O)NC1CCCC1. The second-order valence-corrected chi connectivity index (χ2v) is 5.99. The van der Waals surface area contributed by atoms with Crippen LogP contribution in [0.1, 0.15) is 25.7 Å². The Balaban J connectivity index is 1.69. The molecule has 0 heterocycles. The first-order valence-corrected chi connectivity index (χ1v) is 7.70. The normalized spacial score (nSPS) is 14.8. The van der Waals surface area contributed by atoms with E-state index in [1.807, 2.05) is 12.1 Å². The van der Waals surface area contributed by atoms with E-state index in [1.165, 1.54) is 0 Å². The summed E-state index contributed by atoms with van der Waals surface area (Å²) in [6.45, 7) is -0.168. The van der Waals surface area contributed by atoms with Gasteiger partial charge >= 0.3 is 6.03 Å². The molecule has 0 bridgehead atoms. The lowest BCUT2D eigenvalue weighted by atomic mass is 10.2. The van der Waals surface area contributed by atoms with Crippen LogP contribution in [0.15, 0.2) is 24.3 Å². The lowest BCUT2D eigenvalue weighted by Gasteiger charge is -2.12. The van der Waals surface area contributed by atoms with Crippen molar-refractivity contribution in [2.45, 2.75) is 31.7 Å². The maximum atomic E-state index is 11.6. The van der Waals surface area contributed by atoms with E-state index in [1.54, 1.807) is 12.1 Å². The van der Waals surface area contributed by atoms with Crippen LogP contribution < -0.4 is 15.4 Å². The van der Waals surface area contributed by atoms with E-state index in [-0.39, 0.29) is 12.6 Å². The number of amides is 3. The van der Waals surface area contributed by atoms with Crippen LogP contribution in [0.2, 0.25) is 0 Å². The van der Waals surface area contributed by atoms with Crippen LogP contribution in [0.5, 0.6) is 5.75 Å². The van der Waals surface area contributed by atoms with E-state index in [9.17, 15) is 9.59 Å². The molecule has 2 rings (SSSR count). The van der Waals surface area contributed by atoms with E-state index >= 15 is 0 Å². The third kappa shape index (κ3) is 4.99. The number of ether oxygens (including phenoxy) is 1. The number of benzene rings is 1. The summed E-state index contributed by atoms with van der Waals surface area (Å²) in [6.07, 6.45) is 4.24. The Labute approximate surface area is 131 Å². The topological polar surface area (TPSA) is 67.4 Å². The summed E-state index contributed by atoms with van der Waals surface area (Å²) in [7, 11) is 0. The second-order valence-electron chi connectivity index (χ2n) is 4.75. The molecule has 1 aliphatic rings. The van der Waals surface area contributed by atoms with Gasteiger partial charge < -0.3 is 10.1 Å². The Bertz CT molecular complexity index is 470. The Morgan fingerprint density at radius 1 is 1.20 bits per heavy atom. The first-order valence-electron chi connectivity index (χ1n) is 6.62. The Morgan fingerprint density at radius 3 is 2.50 bits per heavy atom. The van der Waals surface area contributed by atoms with Crippen LogP contribution in [0.25, 0.3) is 0 Å². The molecule has 1 saturated carbocycles. The first kappa shape index (κ1) is 15.1. The number of rotatable bonds is 4. The smallest absolute Gasteiger partial charge is 0.321 e. The van der Waals surface area contributed by atoms with Crippen molar-refractivity contribution in [2.75, 3.05) is 6.61 Å². The number of imide groups is 1. The zero-order valence-electron chi connectivity index (χ0n) is 11.0. The van der Waals surface area contributed by atoms with Gasteiger partial charge in [-0.2, -0.15) is 0 Å². The molecule has 2 N–H and O–H groups in total. The molecule has 3 amide bonds. The number of hydrogen-bond donors (Lipinski definition) is 2. The summed E-state index contributed by atoms with van der Waals surface area (Å²) in [6, 6.07) is 7.11. The summed E-state index contributed by atoms with van der Waals surface area (Å²) in [4.78, 5) is 23.1. The number of carbonyl (C=O) groups is 2. The van der Waals surface area contributed by atoms with Crippen molar-refractivity contribution in [1.29, 1.82) is 0 Å². The fourth-order valence-corrected chi connectivity index (χ4v) is 2.49. The third-order valence-electron chi connectivity index (χ3n) is 3.13. The molecule has 6 heteroatoms. The number of urea groups is 1. The molecule has 0 aliphatic heterocycles. The average Bonchev–Trinajstić information content (AvgIpc) is 2.90. The minimum atomic E-state index is -0.445. The minimum absolute atomic E-state index is 0.168. The first-order chi connectivity index (χ1) is 9.63. The standard InChI is InChI=1S/C14H17IN2O3/c15-10-5-7-12(8-6-10)20-9-13(18)17-14(19)16-11-3-1-2-4-11/h5-8,11H,1-4,9H2,(H2,16,17,18,19). The van der Waals surface area contributed by atoms with Crippen molar-refractivity contribution in [3.8, 4) is 5.75 Å². The predicted molar refractivity (Wildman–Crippen MR) is 83.6 cm³/mol. The number of nitrogens with one attached hydrogen (secondary N) is 2. The highest BCUT2D eigenvalue weighted by atomic mass is 127. The number of halogens is 1. The van der Waals surface area contributed by atoms with Gasteiger partial charge in [0.15, 0.2) is 6.61 Å². The largest absolute Gasteiger partial charge is 0.484 e. The predicted octanol–water partition coefficient (Wildman–Crippen LogP) is 2.44. The average molecular weight is 388 g/mol. The molecule has 108 valence electrons. The highest BCUT2D eigenvalue weighted by Crippen LogP contribution is 2.17. The van der Waals surface area contributed by atoms with Crippen LogP contribution in [0, 0.1) is 3.57 Å². The minimum Gasteiger partial charge on any atom is -0.484 e. The fourth-order valence-electron chi connectivity index (χ4n) is 2.13. The van der Waals surface area contributed by atoms with Gasteiger partial charge in [-0.25, -0.2) is 4.79 Å². The monoisotopic (exact) mass is 388 g/mol. The van der Waals surface area contributed by atoms with Crippen molar-refractivity contribution >= 4 is 34.5 Å². The van der Waals surface area contributed by atoms with Gasteiger partial charge in [0.2, 0.25) is 0 Å².